The molecule has 18 heavy (non-hydrogen) atoms. The molecule has 1 amide bonds. The summed E-state index contributed by atoms with van der Waals surface area (Å²) in [6.45, 7) is 0.720. The van der Waals surface area contributed by atoms with Crippen molar-refractivity contribution in [3.8, 4) is 0 Å². The van der Waals surface area contributed by atoms with Crippen LogP contribution in [0.2, 0.25) is 0 Å². The van der Waals surface area contributed by atoms with Crippen LogP contribution >= 0.6 is 0 Å². The zero-order chi connectivity index (χ0) is 13.1. The molecule has 0 aromatic carbocycles. The predicted molar refractivity (Wildman–Crippen MR) is 66.3 cm³/mol. The summed E-state index contributed by atoms with van der Waals surface area (Å²) < 4.78 is 3.24. The Morgan fingerprint density at radius 2 is 2.17 bits per heavy atom. The Hall–Kier alpha value is -2.31. The van der Waals surface area contributed by atoms with E-state index in [2.05, 4.69) is 10.2 Å². The third kappa shape index (κ3) is 2.88. The number of rotatable bonds is 4. The van der Waals surface area contributed by atoms with Crippen molar-refractivity contribution in [2.75, 3.05) is 12.8 Å². The third-order valence-corrected chi connectivity index (χ3v) is 2.55. The highest BCUT2D eigenvalue weighted by atomic mass is 16.2. The molecule has 2 aromatic rings. The van der Waals surface area contributed by atoms with Gasteiger partial charge in [0.15, 0.2) is 0 Å². The van der Waals surface area contributed by atoms with Crippen LogP contribution in [0.5, 0.6) is 0 Å². The van der Waals surface area contributed by atoms with Gasteiger partial charge in [-0.3, -0.25) is 14.2 Å². The first-order valence-electron chi connectivity index (χ1n) is 5.54. The van der Waals surface area contributed by atoms with Crippen molar-refractivity contribution in [2.24, 2.45) is 7.05 Å². The molecule has 7 nitrogen and oxygen atoms in total. The molecule has 2 rings (SSSR count). The lowest BCUT2D eigenvalue weighted by Gasteiger charge is -2.16. The van der Waals surface area contributed by atoms with Crippen molar-refractivity contribution < 1.29 is 4.79 Å². The second-order valence-electron chi connectivity index (χ2n) is 4.24. The average molecular weight is 248 g/mol. The Balaban J connectivity index is 1.92. The van der Waals surface area contributed by atoms with E-state index in [0.29, 0.717) is 12.2 Å². The van der Waals surface area contributed by atoms with Gasteiger partial charge in [-0.1, -0.05) is 0 Å². The second kappa shape index (κ2) is 4.91. The number of aryl methyl sites for hydroxylation is 1. The molecule has 0 atom stereocenters. The van der Waals surface area contributed by atoms with E-state index in [0.717, 1.165) is 5.56 Å². The standard InChI is InChI=1S/C11H16N6O/c1-15(5-9-3-13-16(2)6-9)11(18)8-17-7-10(12)4-14-17/h3-4,6-7H,5,8,12H2,1-2H3. The normalized spacial score (nSPS) is 10.6. The summed E-state index contributed by atoms with van der Waals surface area (Å²) >= 11 is 0. The number of amides is 1. The Kier molecular flexibility index (Phi) is 3.31. The summed E-state index contributed by atoms with van der Waals surface area (Å²) in [4.78, 5) is 13.6. The molecule has 2 heterocycles. The number of hydrogen-bond donors (Lipinski definition) is 1. The molecule has 0 spiro atoms. The van der Waals surface area contributed by atoms with E-state index in [-0.39, 0.29) is 12.5 Å². The lowest BCUT2D eigenvalue weighted by Crippen LogP contribution is -2.29. The summed E-state index contributed by atoms with van der Waals surface area (Å²) in [7, 11) is 3.60. The van der Waals surface area contributed by atoms with Crippen LogP contribution in [0.25, 0.3) is 0 Å². The van der Waals surface area contributed by atoms with Crippen molar-refractivity contribution in [1.82, 2.24) is 24.5 Å². The number of nitrogen functional groups attached to an aromatic ring is 1. The molecular formula is C11H16N6O. The lowest BCUT2D eigenvalue weighted by atomic mass is 10.3. The van der Waals surface area contributed by atoms with Gasteiger partial charge in [-0.2, -0.15) is 10.2 Å². The van der Waals surface area contributed by atoms with Crippen LogP contribution in [0.4, 0.5) is 5.69 Å². The van der Waals surface area contributed by atoms with E-state index >= 15 is 0 Å². The minimum atomic E-state index is -0.0260. The van der Waals surface area contributed by atoms with E-state index in [9.17, 15) is 4.79 Å². The monoisotopic (exact) mass is 248 g/mol. The number of carbonyl (C=O) groups excluding carboxylic acids is 1. The number of carbonyl (C=O) groups is 1. The lowest BCUT2D eigenvalue weighted by molar-refractivity contribution is -0.131. The van der Waals surface area contributed by atoms with Crippen molar-refractivity contribution in [3.63, 3.8) is 0 Å². The van der Waals surface area contributed by atoms with E-state index in [4.69, 9.17) is 5.73 Å². The quantitative estimate of drug-likeness (QED) is 0.816. The maximum atomic E-state index is 11.9. The zero-order valence-corrected chi connectivity index (χ0v) is 10.4. The highest BCUT2D eigenvalue weighted by Crippen LogP contribution is 2.03. The third-order valence-electron chi connectivity index (χ3n) is 2.55. The van der Waals surface area contributed by atoms with Crippen LogP contribution in [0.15, 0.2) is 24.8 Å². The van der Waals surface area contributed by atoms with Gasteiger partial charge in [-0.25, -0.2) is 0 Å². The summed E-state index contributed by atoms with van der Waals surface area (Å²) in [5.41, 5.74) is 7.08. The van der Waals surface area contributed by atoms with Gasteiger partial charge in [0, 0.05) is 38.6 Å². The molecule has 0 saturated carbocycles. The van der Waals surface area contributed by atoms with Crippen molar-refractivity contribution >= 4 is 11.6 Å². The molecular weight excluding hydrogens is 232 g/mol. The number of nitrogens with zero attached hydrogens (tertiary/aromatic N) is 5. The molecule has 0 aliphatic heterocycles. The molecule has 0 saturated heterocycles. The van der Waals surface area contributed by atoms with Gasteiger partial charge in [0.2, 0.25) is 5.91 Å². The first kappa shape index (κ1) is 12.2. The topological polar surface area (TPSA) is 82.0 Å². The summed E-state index contributed by atoms with van der Waals surface area (Å²) in [5.74, 6) is -0.0260. The van der Waals surface area contributed by atoms with Gasteiger partial charge in [0.05, 0.1) is 18.1 Å². The van der Waals surface area contributed by atoms with E-state index in [1.54, 1.807) is 29.0 Å². The average Bonchev–Trinajstić information content (AvgIpc) is 2.88. The molecule has 96 valence electrons. The van der Waals surface area contributed by atoms with E-state index in [1.165, 1.54) is 10.9 Å². The van der Waals surface area contributed by atoms with Gasteiger partial charge in [0.1, 0.15) is 6.54 Å². The molecule has 0 bridgehead atoms. The molecule has 2 aromatic heterocycles. The number of hydrogen-bond acceptors (Lipinski definition) is 4. The number of likely N-dealkylation sites (N-methyl/N-ethyl adjacent to an activating group) is 1. The van der Waals surface area contributed by atoms with Gasteiger partial charge in [-0.05, 0) is 0 Å². The Bertz CT molecular complexity index is 543. The molecule has 0 aliphatic rings. The SMILES string of the molecule is CN(Cc1cnn(C)c1)C(=O)Cn1cc(N)cn1. The van der Waals surface area contributed by atoms with Gasteiger partial charge >= 0.3 is 0 Å². The fraction of sp³-hybridized carbons (Fsp3) is 0.364. The van der Waals surface area contributed by atoms with Crippen molar-refractivity contribution in [3.05, 3.63) is 30.4 Å². The number of anilines is 1. The fourth-order valence-electron chi connectivity index (χ4n) is 1.64. The van der Waals surface area contributed by atoms with Crippen LogP contribution in [-0.4, -0.2) is 37.4 Å². The zero-order valence-electron chi connectivity index (χ0n) is 10.4. The maximum absolute atomic E-state index is 11.9. The number of nitrogens with two attached hydrogens (primary N) is 1. The van der Waals surface area contributed by atoms with Crippen LogP contribution in [-0.2, 0) is 24.9 Å². The van der Waals surface area contributed by atoms with Gasteiger partial charge in [-0.15, -0.1) is 0 Å². The first-order chi connectivity index (χ1) is 8.54. The predicted octanol–water partition coefficient (Wildman–Crippen LogP) is -0.143. The van der Waals surface area contributed by atoms with Crippen LogP contribution in [0.3, 0.4) is 0 Å². The molecule has 0 fully saturated rings. The smallest absolute Gasteiger partial charge is 0.244 e. The number of aromatic nitrogens is 4. The van der Waals surface area contributed by atoms with Crippen LogP contribution in [0, 0.1) is 0 Å². The molecule has 0 aliphatic carbocycles. The Morgan fingerprint density at radius 3 is 2.72 bits per heavy atom. The van der Waals surface area contributed by atoms with E-state index in [1.807, 2.05) is 13.2 Å². The highest BCUT2D eigenvalue weighted by molar-refractivity contribution is 5.75. The van der Waals surface area contributed by atoms with Crippen molar-refractivity contribution in [1.29, 1.82) is 0 Å². The fourth-order valence-corrected chi connectivity index (χ4v) is 1.64. The maximum Gasteiger partial charge on any atom is 0.244 e. The van der Waals surface area contributed by atoms with Crippen molar-refractivity contribution in [2.45, 2.75) is 13.1 Å². The highest BCUT2D eigenvalue weighted by Gasteiger charge is 2.11. The molecule has 0 unspecified atom stereocenters. The van der Waals surface area contributed by atoms with Gasteiger partial charge in [0.25, 0.3) is 0 Å². The Morgan fingerprint density at radius 1 is 1.39 bits per heavy atom. The Labute approximate surface area is 105 Å². The summed E-state index contributed by atoms with van der Waals surface area (Å²) in [6, 6.07) is 0. The van der Waals surface area contributed by atoms with Gasteiger partial charge < -0.3 is 10.6 Å². The second-order valence-corrected chi connectivity index (χ2v) is 4.24. The summed E-state index contributed by atoms with van der Waals surface area (Å²) in [5, 5.41) is 8.04. The van der Waals surface area contributed by atoms with E-state index < -0.39 is 0 Å². The largest absolute Gasteiger partial charge is 0.396 e. The van der Waals surface area contributed by atoms with Crippen LogP contribution < -0.4 is 5.73 Å². The first-order valence-corrected chi connectivity index (χ1v) is 5.54. The molecule has 0 radical (unpaired) electrons. The minimum Gasteiger partial charge on any atom is -0.396 e. The molecule has 2 N–H and O–H groups in total. The van der Waals surface area contributed by atoms with Crippen LogP contribution in [0.1, 0.15) is 5.56 Å². The molecule has 7 heteroatoms. The minimum absolute atomic E-state index is 0.0260. The summed E-state index contributed by atoms with van der Waals surface area (Å²) in [6.07, 6.45) is 6.79.